The van der Waals surface area contributed by atoms with Crippen LogP contribution < -0.4 is 5.32 Å². The van der Waals surface area contributed by atoms with E-state index in [1.807, 2.05) is 11.8 Å². The van der Waals surface area contributed by atoms with E-state index in [4.69, 9.17) is 0 Å². The van der Waals surface area contributed by atoms with Gasteiger partial charge in [0.15, 0.2) is 0 Å². The van der Waals surface area contributed by atoms with Crippen molar-refractivity contribution in [2.24, 2.45) is 0 Å². The molecule has 1 fully saturated rings. The smallest absolute Gasteiger partial charge is 0.0693 e. The maximum absolute atomic E-state index is 9.77. The predicted molar refractivity (Wildman–Crippen MR) is 63.9 cm³/mol. The van der Waals surface area contributed by atoms with Crippen molar-refractivity contribution in [1.82, 2.24) is 5.32 Å². The van der Waals surface area contributed by atoms with Crippen LogP contribution in [0.5, 0.6) is 0 Å². The zero-order valence-electron chi connectivity index (χ0n) is 9.55. The van der Waals surface area contributed by atoms with Gasteiger partial charge in [0.25, 0.3) is 0 Å². The van der Waals surface area contributed by atoms with Gasteiger partial charge in [0.2, 0.25) is 0 Å². The SMILES string of the molecule is CSC(C)(C)CN[C@@H]1CCCC[C@H]1O. The quantitative estimate of drug-likeness (QED) is 0.755. The first-order valence-electron chi connectivity index (χ1n) is 5.52. The van der Waals surface area contributed by atoms with Gasteiger partial charge in [0, 0.05) is 17.3 Å². The number of thioether (sulfide) groups is 1. The van der Waals surface area contributed by atoms with Crippen LogP contribution in [0.1, 0.15) is 39.5 Å². The third kappa shape index (κ3) is 3.79. The summed E-state index contributed by atoms with van der Waals surface area (Å²) in [5.74, 6) is 0. The third-order valence-corrected chi connectivity index (χ3v) is 4.32. The minimum atomic E-state index is -0.124. The molecule has 1 rings (SSSR count). The average molecular weight is 217 g/mol. The van der Waals surface area contributed by atoms with Crippen molar-refractivity contribution in [3.8, 4) is 0 Å². The van der Waals surface area contributed by atoms with E-state index in [1.165, 1.54) is 12.8 Å². The van der Waals surface area contributed by atoms with Crippen molar-refractivity contribution in [1.29, 1.82) is 0 Å². The molecule has 1 aliphatic carbocycles. The van der Waals surface area contributed by atoms with Crippen LogP contribution in [0.25, 0.3) is 0 Å². The molecule has 0 unspecified atom stereocenters. The molecule has 0 saturated heterocycles. The molecule has 2 atom stereocenters. The Morgan fingerprint density at radius 1 is 1.36 bits per heavy atom. The summed E-state index contributed by atoms with van der Waals surface area (Å²) in [4.78, 5) is 0. The molecule has 2 nitrogen and oxygen atoms in total. The van der Waals surface area contributed by atoms with Gasteiger partial charge in [0.05, 0.1) is 6.10 Å². The van der Waals surface area contributed by atoms with Crippen molar-refractivity contribution in [3.63, 3.8) is 0 Å². The molecule has 0 radical (unpaired) electrons. The van der Waals surface area contributed by atoms with Gasteiger partial charge in [-0.2, -0.15) is 11.8 Å². The molecule has 14 heavy (non-hydrogen) atoms. The second kappa shape index (κ2) is 5.38. The van der Waals surface area contributed by atoms with Gasteiger partial charge in [-0.3, -0.25) is 0 Å². The van der Waals surface area contributed by atoms with Crippen LogP contribution in [-0.2, 0) is 0 Å². The van der Waals surface area contributed by atoms with E-state index in [9.17, 15) is 5.11 Å². The first kappa shape index (κ1) is 12.3. The maximum atomic E-state index is 9.77. The Kier molecular flexibility index (Phi) is 4.74. The molecule has 0 aliphatic heterocycles. The van der Waals surface area contributed by atoms with E-state index < -0.39 is 0 Å². The lowest BCUT2D eigenvalue weighted by molar-refractivity contribution is 0.0903. The molecule has 84 valence electrons. The van der Waals surface area contributed by atoms with Gasteiger partial charge >= 0.3 is 0 Å². The van der Waals surface area contributed by atoms with Crippen LogP contribution >= 0.6 is 11.8 Å². The number of aliphatic hydroxyl groups excluding tert-OH is 1. The second-order valence-corrected chi connectivity index (χ2v) is 6.32. The number of aliphatic hydroxyl groups is 1. The van der Waals surface area contributed by atoms with E-state index >= 15 is 0 Å². The van der Waals surface area contributed by atoms with Crippen LogP contribution in [0.15, 0.2) is 0 Å². The largest absolute Gasteiger partial charge is 0.392 e. The first-order chi connectivity index (χ1) is 6.55. The van der Waals surface area contributed by atoms with Crippen LogP contribution in [0.3, 0.4) is 0 Å². The van der Waals surface area contributed by atoms with Crippen molar-refractivity contribution in [2.45, 2.75) is 56.4 Å². The molecule has 2 N–H and O–H groups in total. The summed E-state index contributed by atoms with van der Waals surface area (Å²) in [5, 5.41) is 13.3. The fraction of sp³-hybridized carbons (Fsp3) is 1.00. The standard InChI is InChI=1S/C11H23NOS/c1-11(2,14-3)8-12-9-6-4-5-7-10(9)13/h9-10,12-13H,4-8H2,1-3H3/t9-,10-/m1/s1. The highest BCUT2D eigenvalue weighted by Crippen LogP contribution is 2.22. The lowest BCUT2D eigenvalue weighted by Crippen LogP contribution is -2.46. The van der Waals surface area contributed by atoms with E-state index in [1.54, 1.807) is 0 Å². The molecular formula is C11H23NOS. The molecule has 0 heterocycles. The minimum absolute atomic E-state index is 0.124. The van der Waals surface area contributed by atoms with Gasteiger partial charge in [-0.25, -0.2) is 0 Å². The minimum Gasteiger partial charge on any atom is -0.392 e. The predicted octanol–water partition coefficient (Wildman–Crippen LogP) is 2.02. The fourth-order valence-corrected chi connectivity index (χ4v) is 2.03. The lowest BCUT2D eigenvalue weighted by atomic mass is 9.92. The van der Waals surface area contributed by atoms with E-state index in [0.717, 1.165) is 19.4 Å². The summed E-state index contributed by atoms with van der Waals surface area (Å²) in [6.07, 6.45) is 6.56. The molecule has 0 spiro atoms. The Morgan fingerprint density at radius 3 is 2.57 bits per heavy atom. The Bertz CT molecular complexity index is 173. The molecule has 0 amide bonds. The topological polar surface area (TPSA) is 32.3 Å². The molecule has 0 aromatic rings. The maximum Gasteiger partial charge on any atom is 0.0693 e. The van der Waals surface area contributed by atoms with Crippen LogP contribution in [0.2, 0.25) is 0 Å². The van der Waals surface area contributed by atoms with E-state index in [2.05, 4.69) is 25.4 Å². The summed E-state index contributed by atoms with van der Waals surface area (Å²) in [5.41, 5.74) is 0. The summed E-state index contributed by atoms with van der Waals surface area (Å²) < 4.78 is 0.275. The highest BCUT2D eigenvalue weighted by atomic mass is 32.2. The second-order valence-electron chi connectivity index (χ2n) is 4.80. The zero-order chi connectivity index (χ0) is 10.6. The van der Waals surface area contributed by atoms with Crippen LogP contribution in [0.4, 0.5) is 0 Å². The van der Waals surface area contributed by atoms with Gasteiger partial charge in [0.1, 0.15) is 0 Å². The molecule has 0 aromatic heterocycles. The highest BCUT2D eigenvalue weighted by molar-refractivity contribution is 7.99. The molecule has 1 saturated carbocycles. The monoisotopic (exact) mass is 217 g/mol. The molecule has 0 bridgehead atoms. The summed E-state index contributed by atoms with van der Waals surface area (Å²) >= 11 is 1.87. The number of rotatable bonds is 4. The fourth-order valence-electron chi connectivity index (χ4n) is 1.80. The molecular weight excluding hydrogens is 194 g/mol. The van der Waals surface area contributed by atoms with Gasteiger partial charge < -0.3 is 10.4 Å². The Labute approximate surface area is 91.9 Å². The van der Waals surface area contributed by atoms with Crippen molar-refractivity contribution < 1.29 is 5.11 Å². The molecule has 1 aliphatic rings. The zero-order valence-corrected chi connectivity index (χ0v) is 10.4. The van der Waals surface area contributed by atoms with Crippen LogP contribution in [0, 0.1) is 0 Å². The Hall–Kier alpha value is 0.270. The number of hydrogen-bond acceptors (Lipinski definition) is 3. The summed E-state index contributed by atoms with van der Waals surface area (Å²) in [6.45, 7) is 5.45. The van der Waals surface area contributed by atoms with Gasteiger partial charge in [-0.1, -0.05) is 12.8 Å². The summed E-state index contributed by atoms with van der Waals surface area (Å²) in [6, 6.07) is 0.329. The summed E-state index contributed by atoms with van der Waals surface area (Å²) in [7, 11) is 0. The Morgan fingerprint density at radius 2 is 2.00 bits per heavy atom. The average Bonchev–Trinajstić information content (AvgIpc) is 2.17. The first-order valence-corrected chi connectivity index (χ1v) is 6.74. The normalized spacial score (nSPS) is 29.1. The van der Waals surface area contributed by atoms with Crippen LogP contribution in [-0.4, -0.2) is 34.8 Å². The van der Waals surface area contributed by atoms with Crippen molar-refractivity contribution in [3.05, 3.63) is 0 Å². The molecule has 3 heteroatoms. The van der Waals surface area contributed by atoms with Gasteiger partial charge in [-0.15, -0.1) is 0 Å². The van der Waals surface area contributed by atoms with E-state index in [0.29, 0.717) is 6.04 Å². The van der Waals surface area contributed by atoms with Gasteiger partial charge in [-0.05, 0) is 32.9 Å². The lowest BCUT2D eigenvalue weighted by Gasteiger charge is -2.32. The Balaban J connectivity index is 2.29. The molecule has 0 aromatic carbocycles. The third-order valence-electron chi connectivity index (χ3n) is 3.07. The van der Waals surface area contributed by atoms with Crippen molar-refractivity contribution in [2.75, 3.05) is 12.8 Å². The number of hydrogen-bond donors (Lipinski definition) is 2. The number of nitrogens with one attached hydrogen (secondary N) is 1. The highest BCUT2D eigenvalue weighted by Gasteiger charge is 2.25. The van der Waals surface area contributed by atoms with Crippen molar-refractivity contribution >= 4 is 11.8 Å². The van der Waals surface area contributed by atoms with E-state index in [-0.39, 0.29) is 10.9 Å².